The van der Waals surface area contributed by atoms with Crippen molar-refractivity contribution < 1.29 is 9.53 Å². The van der Waals surface area contributed by atoms with Gasteiger partial charge in [-0.15, -0.1) is 11.3 Å². The number of aromatic nitrogens is 1. The van der Waals surface area contributed by atoms with Crippen LogP contribution in [0.5, 0.6) is 0 Å². The van der Waals surface area contributed by atoms with Crippen LogP contribution >= 0.6 is 11.3 Å². The fourth-order valence-electron chi connectivity index (χ4n) is 1.46. The van der Waals surface area contributed by atoms with Gasteiger partial charge in [-0.3, -0.25) is 4.79 Å². The Morgan fingerprint density at radius 1 is 1.47 bits per heavy atom. The van der Waals surface area contributed by atoms with Gasteiger partial charge in [0.1, 0.15) is 0 Å². The standard InChI is InChI=1S/C12H14N2O2S/c1-16-8-4-7-13-11(15)12-14-9-5-2-3-6-10(9)17-12/h2-3,5-6H,4,7-8H2,1H3,(H,13,15). The number of ether oxygens (including phenoxy) is 1. The van der Waals surface area contributed by atoms with Crippen LogP contribution in [0.15, 0.2) is 24.3 Å². The minimum Gasteiger partial charge on any atom is -0.385 e. The smallest absolute Gasteiger partial charge is 0.280 e. The summed E-state index contributed by atoms with van der Waals surface area (Å²) in [4.78, 5) is 16.1. The maximum absolute atomic E-state index is 11.8. The van der Waals surface area contributed by atoms with Gasteiger partial charge in [-0.25, -0.2) is 4.98 Å². The summed E-state index contributed by atoms with van der Waals surface area (Å²) in [5.41, 5.74) is 0.875. The lowest BCUT2D eigenvalue weighted by Gasteiger charge is -2.01. The van der Waals surface area contributed by atoms with Crippen LogP contribution in [0.4, 0.5) is 0 Å². The summed E-state index contributed by atoms with van der Waals surface area (Å²) in [6, 6.07) is 7.74. The second-order valence-corrected chi connectivity index (χ2v) is 4.62. The lowest BCUT2D eigenvalue weighted by Crippen LogP contribution is -2.24. The Balaban J connectivity index is 1.99. The Bertz CT molecular complexity index is 477. The maximum atomic E-state index is 11.8. The number of benzene rings is 1. The summed E-state index contributed by atoms with van der Waals surface area (Å²) in [5, 5.41) is 3.34. The first kappa shape index (κ1) is 12.0. The highest BCUT2D eigenvalue weighted by molar-refractivity contribution is 7.20. The largest absolute Gasteiger partial charge is 0.385 e. The van der Waals surface area contributed by atoms with Crippen molar-refractivity contribution >= 4 is 27.5 Å². The number of nitrogens with one attached hydrogen (secondary N) is 1. The minimum absolute atomic E-state index is 0.109. The molecule has 0 aliphatic rings. The Kier molecular flexibility index (Phi) is 4.06. The maximum Gasteiger partial charge on any atom is 0.280 e. The first-order valence-electron chi connectivity index (χ1n) is 5.44. The number of hydrogen-bond acceptors (Lipinski definition) is 4. The van der Waals surface area contributed by atoms with Crippen molar-refractivity contribution in [3.05, 3.63) is 29.3 Å². The quantitative estimate of drug-likeness (QED) is 0.826. The van der Waals surface area contributed by atoms with Crippen LogP contribution in [-0.2, 0) is 4.74 Å². The van der Waals surface area contributed by atoms with Gasteiger partial charge >= 0.3 is 0 Å². The fourth-order valence-corrected chi connectivity index (χ4v) is 2.35. The van der Waals surface area contributed by atoms with E-state index in [1.807, 2.05) is 24.3 Å². The number of nitrogens with zero attached hydrogens (tertiary/aromatic N) is 1. The zero-order chi connectivity index (χ0) is 12.1. The normalized spacial score (nSPS) is 10.6. The summed E-state index contributed by atoms with van der Waals surface area (Å²) in [5.74, 6) is -0.109. The summed E-state index contributed by atoms with van der Waals surface area (Å²) in [7, 11) is 1.65. The van der Waals surface area contributed by atoms with Crippen molar-refractivity contribution in [3.63, 3.8) is 0 Å². The number of methoxy groups -OCH3 is 1. The Hall–Kier alpha value is -1.46. The highest BCUT2D eigenvalue weighted by Gasteiger charge is 2.10. The van der Waals surface area contributed by atoms with Gasteiger partial charge in [-0.05, 0) is 18.6 Å². The van der Waals surface area contributed by atoms with Crippen molar-refractivity contribution in [1.82, 2.24) is 10.3 Å². The number of carbonyl (C=O) groups excluding carboxylic acids is 1. The van der Waals surface area contributed by atoms with E-state index in [0.29, 0.717) is 18.2 Å². The number of amides is 1. The molecule has 0 radical (unpaired) electrons. The third kappa shape index (κ3) is 3.01. The molecule has 2 rings (SSSR count). The van der Waals surface area contributed by atoms with E-state index in [1.54, 1.807) is 7.11 Å². The van der Waals surface area contributed by atoms with E-state index in [4.69, 9.17) is 4.74 Å². The van der Waals surface area contributed by atoms with Crippen molar-refractivity contribution in [1.29, 1.82) is 0 Å². The molecule has 4 nitrogen and oxygen atoms in total. The van der Waals surface area contributed by atoms with E-state index in [9.17, 15) is 4.79 Å². The van der Waals surface area contributed by atoms with E-state index in [1.165, 1.54) is 11.3 Å². The van der Waals surface area contributed by atoms with Gasteiger partial charge in [0.2, 0.25) is 0 Å². The average Bonchev–Trinajstić information content (AvgIpc) is 2.78. The lowest BCUT2D eigenvalue weighted by atomic mass is 10.3. The SMILES string of the molecule is COCCCNC(=O)c1nc2ccccc2s1. The summed E-state index contributed by atoms with van der Waals surface area (Å²) in [6.07, 6.45) is 0.813. The second kappa shape index (κ2) is 5.75. The minimum atomic E-state index is -0.109. The fraction of sp³-hybridized carbons (Fsp3) is 0.333. The molecule has 1 aromatic carbocycles. The predicted molar refractivity (Wildman–Crippen MR) is 68.4 cm³/mol. The van der Waals surface area contributed by atoms with Gasteiger partial charge in [0.05, 0.1) is 10.2 Å². The average molecular weight is 250 g/mol. The molecule has 17 heavy (non-hydrogen) atoms. The van der Waals surface area contributed by atoms with Crippen molar-refractivity contribution in [2.45, 2.75) is 6.42 Å². The second-order valence-electron chi connectivity index (χ2n) is 3.59. The molecule has 0 unspecified atom stereocenters. The third-order valence-electron chi connectivity index (χ3n) is 2.30. The number of hydrogen-bond donors (Lipinski definition) is 1. The van der Waals surface area contributed by atoms with Crippen molar-refractivity contribution in [2.24, 2.45) is 0 Å². The van der Waals surface area contributed by atoms with Gasteiger partial charge in [-0.2, -0.15) is 0 Å². The van der Waals surface area contributed by atoms with Gasteiger partial charge in [-0.1, -0.05) is 12.1 Å². The molecule has 0 atom stereocenters. The van der Waals surface area contributed by atoms with E-state index >= 15 is 0 Å². The van der Waals surface area contributed by atoms with E-state index in [2.05, 4.69) is 10.3 Å². The Labute approximate surface area is 104 Å². The highest BCUT2D eigenvalue weighted by atomic mass is 32.1. The number of thiazole rings is 1. The number of para-hydroxylation sites is 1. The topological polar surface area (TPSA) is 51.2 Å². The van der Waals surface area contributed by atoms with Crippen LogP contribution in [0.2, 0.25) is 0 Å². The summed E-state index contributed by atoms with van der Waals surface area (Å²) >= 11 is 1.41. The molecule has 0 bridgehead atoms. The van der Waals surface area contributed by atoms with Crippen molar-refractivity contribution in [2.75, 3.05) is 20.3 Å². The third-order valence-corrected chi connectivity index (χ3v) is 3.33. The molecule has 0 saturated heterocycles. The Morgan fingerprint density at radius 3 is 3.06 bits per heavy atom. The molecule has 1 aromatic heterocycles. The van der Waals surface area contributed by atoms with E-state index in [0.717, 1.165) is 16.6 Å². The molecule has 1 amide bonds. The molecule has 2 aromatic rings. The van der Waals surface area contributed by atoms with E-state index < -0.39 is 0 Å². The summed E-state index contributed by atoms with van der Waals surface area (Å²) in [6.45, 7) is 1.27. The van der Waals surface area contributed by atoms with Crippen LogP contribution in [0.1, 0.15) is 16.2 Å². The molecule has 0 saturated carbocycles. The molecule has 5 heteroatoms. The number of rotatable bonds is 5. The number of fused-ring (bicyclic) bond motifs is 1. The molecular weight excluding hydrogens is 236 g/mol. The molecule has 1 heterocycles. The molecule has 0 aliphatic heterocycles. The molecular formula is C12H14N2O2S. The first-order chi connectivity index (χ1) is 8.31. The molecule has 0 spiro atoms. The monoisotopic (exact) mass is 250 g/mol. The molecule has 0 fully saturated rings. The summed E-state index contributed by atoms with van der Waals surface area (Å²) < 4.78 is 5.95. The van der Waals surface area contributed by atoms with Crippen LogP contribution in [0.25, 0.3) is 10.2 Å². The van der Waals surface area contributed by atoms with Crippen LogP contribution < -0.4 is 5.32 Å². The van der Waals surface area contributed by atoms with Gasteiger partial charge < -0.3 is 10.1 Å². The van der Waals surface area contributed by atoms with Gasteiger partial charge in [0.25, 0.3) is 5.91 Å². The predicted octanol–water partition coefficient (Wildman–Crippen LogP) is 2.06. The molecule has 90 valence electrons. The zero-order valence-corrected chi connectivity index (χ0v) is 10.4. The molecule has 1 N–H and O–H groups in total. The van der Waals surface area contributed by atoms with Crippen LogP contribution in [-0.4, -0.2) is 31.2 Å². The van der Waals surface area contributed by atoms with E-state index in [-0.39, 0.29) is 5.91 Å². The first-order valence-corrected chi connectivity index (χ1v) is 6.25. The lowest BCUT2D eigenvalue weighted by molar-refractivity contribution is 0.0948. The molecule has 0 aliphatic carbocycles. The van der Waals surface area contributed by atoms with Crippen molar-refractivity contribution in [3.8, 4) is 0 Å². The van der Waals surface area contributed by atoms with Gasteiger partial charge in [0.15, 0.2) is 5.01 Å². The number of carbonyl (C=O) groups is 1. The van der Waals surface area contributed by atoms with Gasteiger partial charge in [0, 0.05) is 20.3 Å². The van der Waals surface area contributed by atoms with Crippen LogP contribution in [0, 0.1) is 0 Å². The highest BCUT2D eigenvalue weighted by Crippen LogP contribution is 2.21. The van der Waals surface area contributed by atoms with Crippen LogP contribution in [0.3, 0.4) is 0 Å². The Morgan fingerprint density at radius 2 is 2.29 bits per heavy atom. The zero-order valence-electron chi connectivity index (χ0n) is 9.60.